The van der Waals surface area contributed by atoms with E-state index < -0.39 is 0 Å². The molecular formula is C15H23ClN2. The molecule has 0 amide bonds. The molecule has 1 aliphatic carbocycles. The normalized spacial score (nSPS) is 24.2. The zero-order valence-corrected chi connectivity index (χ0v) is 12.2. The first-order valence-corrected chi connectivity index (χ1v) is 7.68. The second-order valence-corrected chi connectivity index (χ2v) is 5.82. The van der Waals surface area contributed by atoms with E-state index in [1.54, 1.807) is 0 Å². The maximum absolute atomic E-state index is 5.95. The quantitative estimate of drug-likeness (QED) is 0.752. The number of alkyl halides is 1. The summed E-state index contributed by atoms with van der Waals surface area (Å²) in [6.45, 7) is 4.52. The van der Waals surface area contributed by atoms with E-state index in [1.165, 1.54) is 25.7 Å². The van der Waals surface area contributed by atoms with Gasteiger partial charge in [0.25, 0.3) is 0 Å². The fourth-order valence-electron chi connectivity index (χ4n) is 2.89. The highest BCUT2D eigenvalue weighted by Crippen LogP contribution is 2.34. The first kappa shape index (κ1) is 13.8. The average Bonchev–Trinajstić information content (AvgIpc) is 2.39. The Bertz CT molecular complexity index is 392. The van der Waals surface area contributed by atoms with Crippen molar-refractivity contribution in [2.45, 2.75) is 64.2 Å². The molecule has 0 aromatic carbocycles. The smallest absolute Gasteiger partial charge is 0.131 e. The highest BCUT2D eigenvalue weighted by atomic mass is 35.5. The number of aryl methyl sites for hydroxylation is 1. The molecule has 100 valence electrons. The van der Waals surface area contributed by atoms with Gasteiger partial charge >= 0.3 is 0 Å². The van der Waals surface area contributed by atoms with Crippen LogP contribution in [-0.4, -0.2) is 9.97 Å². The fraction of sp³-hybridized carbons (Fsp3) is 0.733. The van der Waals surface area contributed by atoms with Crippen molar-refractivity contribution in [2.75, 3.05) is 0 Å². The van der Waals surface area contributed by atoms with Gasteiger partial charge in [-0.1, -0.05) is 33.1 Å². The van der Waals surface area contributed by atoms with Crippen LogP contribution in [0.25, 0.3) is 0 Å². The van der Waals surface area contributed by atoms with E-state index in [0.29, 0.717) is 11.8 Å². The summed E-state index contributed by atoms with van der Waals surface area (Å²) in [7, 11) is 0. The second-order valence-electron chi connectivity index (χ2n) is 5.55. The molecule has 2 atom stereocenters. The molecule has 1 fully saturated rings. The van der Waals surface area contributed by atoms with Gasteiger partial charge in [0.1, 0.15) is 5.82 Å². The topological polar surface area (TPSA) is 25.8 Å². The van der Waals surface area contributed by atoms with Gasteiger partial charge in [-0.3, -0.25) is 0 Å². The second kappa shape index (κ2) is 6.51. The van der Waals surface area contributed by atoms with Crippen LogP contribution in [0.1, 0.15) is 69.0 Å². The van der Waals surface area contributed by atoms with E-state index in [9.17, 15) is 0 Å². The lowest BCUT2D eigenvalue weighted by Crippen LogP contribution is -2.15. The Balaban J connectivity index is 2.19. The van der Waals surface area contributed by atoms with Crippen molar-refractivity contribution in [3.8, 4) is 0 Å². The maximum Gasteiger partial charge on any atom is 0.131 e. The molecule has 2 unspecified atom stereocenters. The van der Waals surface area contributed by atoms with Gasteiger partial charge in [0, 0.05) is 23.4 Å². The summed E-state index contributed by atoms with van der Waals surface area (Å²) in [6, 6.07) is 0. The van der Waals surface area contributed by atoms with Gasteiger partial charge in [0.15, 0.2) is 0 Å². The highest BCUT2D eigenvalue weighted by molar-refractivity contribution is 6.17. The Hall–Kier alpha value is -0.630. The standard InChI is InChI=1S/C15H23ClN2/c1-3-5-14-13(9-16)10-17-15(18-14)12-7-4-6-11(2)8-12/h10-12H,3-9H2,1-2H3. The van der Waals surface area contributed by atoms with Crippen LogP contribution in [0.4, 0.5) is 0 Å². The Kier molecular flexibility index (Phi) is 4.99. The summed E-state index contributed by atoms with van der Waals surface area (Å²) in [5, 5.41) is 0. The van der Waals surface area contributed by atoms with Gasteiger partial charge in [-0.25, -0.2) is 9.97 Å². The number of halogens is 1. The van der Waals surface area contributed by atoms with Crippen molar-refractivity contribution in [1.82, 2.24) is 9.97 Å². The highest BCUT2D eigenvalue weighted by Gasteiger charge is 2.23. The lowest BCUT2D eigenvalue weighted by molar-refractivity contribution is 0.334. The first-order valence-electron chi connectivity index (χ1n) is 7.15. The summed E-state index contributed by atoms with van der Waals surface area (Å²) in [6.07, 6.45) is 9.23. The summed E-state index contributed by atoms with van der Waals surface area (Å²) in [5.74, 6) is 2.96. The van der Waals surface area contributed by atoms with Crippen LogP contribution in [0.15, 0.2) is 6.20 Å². The van der Waals surface area contributed by atoms with E-state index in [2.05, 4.69) is 18.8 Å². The molecule has 0 bridgehead atoms. The molecule has 1 saturated carbocycles. The van der Waals surface area contributed by atoms with Crippen LogP contribution in [0.5, 0.6) is 0 Å². The molecule has 0 saturated heterocycles. The van der Waals surface area contributed by atoms with Crippen LogP contribution in [0.2, 0.25) is 0 Å². The predicted molar refractivity (Wildman–Crippen MR) is 76.0 cm³/mol. The van der Waals surface area contributed by atoms with Gasteiger partial charge < -0.3 is 0 Å². The summed E-state index contributed by atoms with van der Waals surface area (Å²) in [5.41, 5.74) is 2.27. The average molecular weight is 267 g/mol. The Morgan fingerprint density at radius 1 is 1.39 bits per heavy atom. The number of hydrogen-bond donors (Lipinski definition) is 0. The van der Waals surface area contributed by atoms with Crippen LogP contribution < -0.4 is 0 Å². The minimum absolute atomic E-state index is 0.524. The van der Waals surface area contributed by atoms with Crippen molar-refractivity contribution >= 4 is 11.6 Å². The fourth-order valence-corrected chi connectivity index (χ4v) is 3.11. The third-order valence-corrected chi connectivity index (χ3v) is 4.19. The van der Waals surface area contributed by atoms with E-state index in [4.69, 9.17) is 16.6 Å². The minimum Gasteiger partial charge on any atom is -0.241 e. The zero-order chi connectivity index (χ0) is 13.0. The molecule has 2 nitrogen and oxygen atoms in total. The van der Waals surface area contributed by atoms with Crippen LogP contribution >= 0.6 is 11.6 Å². The van der Waals surface area contributed by atoms with Gasteiger partial charge in [-0.2, -0.15) is 0 Å². The SMILES string of the molecule is CCCc1nc(C2CCCC(C)C2)ncc1CCl. The molecule has 0 aliphatic heterocycles. The molecule has 0 N–H and O–H groups in total. The van der Waals surface area contributed by atoms with E-state index in [1.807, 2.05) is 6.20 Å². The molecule has 3 heteroatoms. The van der Waals surface area contributed by atoms with E-state index in [-0.39, 0.29) is 0 Å². The molecule has 1 aromatic heterocycles. The molecular weight excluding hydrogens is 244 g/mol. The van der Waals surface area contributed by atoms with E-state index in [0.717, 1.165) is 35.8 Å². The van der Waals surface area contributed by atoms with Gasteiger partial charge in [-0.05, 0) is 25.2 Å². The first-order chi connectivity index (χ1) is 8.74. The van der Waals surface area contributed by atoms with Crippen molar-refractivity contribution in [2.24, 2.45) is 5.92 Å². The third-order valence-electron chi connectivity index (χ3n) is 3.91. The van der Waals surface area contributed by atoms with Crippen molar-refractivity contribution < 1.29 is 0 Å². The number of hydrogen-bond acceptors (Lipinski definition) is 2. The zero-order valence-electron chi connectivity index (χ0n) is 11.5. The largest absolute Gasteiger partial charge is 0.241 e. The lowest BCUT2D eigenvalue weighted by Gasteiger charge is -2.26. The maximum atomic E-state index is 5.95. The molecule has 0 radical (unpaired) electrons. The molecule has 18 heavy (non-hydrogen) atoms. The van der Waals surface area contributed by atoms with Gasteiger partial charge in [0.2, 0.25) is 0 Å². The molecule has 0 spiro atoms. The van der Waals surface area contributed by atoms with Crippen LogP contribution in [0, 0.1) is 5.92 Å². The third kappa shape index (κ3) is 3.23. The van der Waals surface area contributed by atoms with Crippen molar-refractivity contribution in [1.29, 1.82) is 0 Å². The van der Waals surface area contributed by atoms with Crippen LogP contribution in [0.3, 0.4) is 0 Å². The monoisotopic (exact) mass is 266 g/mol. The van der Waals surface area contributed by atoms with Crippen molar-refractivity contribution in [3.63, 3.8) is 0 Å². The molecule has 1 aliphatic rings. The Morgan fingerprint density at radius 3 is 2.89 bits per heavy atom. The molecule has 1 aromatic rings. The number of rotatable bonds is 4. The predicted octanol–water partition coefficient (Wildman–Crippen LogP) is 4.46. The van der Waals surface area contributed by atoms with E-state index >= 15 is 0 Å². The lowest BCUT2D eigenvalue weighted by atomic mass is 9.82. The Labute approximate surface area is 115 Å². The van der Waals surface area contributed by atoms with Crippen molar-refractivity contribution in [3.05, 3.63) is 23.3 Å². The molecule has 1 heterocycles. The van der Waals surface area contributed by atoms with Gasteiger partial charge in [-0.15, -0.1) is 11.6 Å². The summed E-state index contributed by atoms with van der Waals surface area (Å²) in [4.78, 5) is 9.35. The Morgan fingerprint density at radius 2 is 2.22 bits per heavy atom. The van der Waals surface area contributed by atoms with Gasteiger partial charge in [0.05, 0.1) is 5.88 Å². The van der Waals surface area contributed by atoms with Crippen LogP contribution in [-0.2, 0) is 12.3 Å². The summed E-state index contributed by atoms with van der Waals surface area (Å²) < 4.78 is 0. The number of nitrogens with zero attached hydrogens (tertiary/aromatic N) is 2. The number of aromatic nitrogens is 2. The summed E-state index contributed by atoms with van der Waals surface area (Å²) >= 11 is 5.95. The molecule has 2 rings (SSSR count). The minimum atomic E-state index is 0.524.